The van der Waals surface area contributed by atoms with Crippen LogP contribution in [0.1, 0.15) is 33.1 Å². The van der Waals surface area contributed by atoms with Crippen LogP contribution in [0.15, 0.2) is 23.7 Å². The standard InChI is InChI=1S/C45H74N10O20/c1-4-12-68-14-16-70-18-19-71-17-15-69-13-7-36(63)55(10-5-8-50-34(61)24-72-39(30(59)22-56)38-26(2)28(53-44(46)47)20-32(74-38)42(64)65)11-6-9-51-35(62)25-73-40(31(60)23-57)41-37(52-27(3)58)29(54-45(48)49)21-33(75-41)43(66)67/h1,20-21,26,28-31,37-41,56-57,59-60H,5-19,22-25H2,2-3H3,(H,50,61)(H,51,62)(H,52,58)(H,64,65)(H,66,67)(H4,46,47,53)(H4,48,49,54)/t26-,28+,29+,30-,31-,37-,38-,39-,40-,41-/m1/s1. The molecule has 0 spiro atoms. The first-order valence-electron chi connectivity index (χ1n) is 23.8. The molecule has 0 aromatic carbocycles. The van der Waals surface area contributed by atoms with E-state index in [0.717, 1.165) is 13.0 Å². The lowest BCUT2D eigenvalue weighted by molar-refractivity contribution is -0.160. The molecule has 424 valence electrons. The smallest absolute Gasteiger partial charge is 0.370 e. The molecule has 30 nitrogen and oxygen atoms in total. The average molecular weight is 1080 g/mol. The van der Waals surface area contributed by atoms with Crippen molar-refractivity contribution >= 4 is 47.5 Å². The molecule has 0 aliphatic carbocycles. The van der Waals surface area contributed by atoms with Crippen molar-refractivity contribution in [2.45, 2.75) is 87.9 Å². The van der Waals surface area contributed by atoms with Gasteiger partial charge >= 0.3 is 11.9 Å². The Labute approximate surface area is 433 Å². The van der Waals surface area contributed by atoms with E-state index in [1.54, 1.807) is 6.92 Å². The van der Waals surface area contributed by atoms with Crippen LogP contribution in [0.5, 0.6) is 0 Å². The first-order valence-corrected chi connectivity index (χ1v) is 23.8. The summed E-state index contributed by atoms with van der Waals surface area (Å²) in [5.41, 5.74) is 11.0. The van der Waals surface area contributed by atoms with Crippen LogP contribution in [0.4, 0.5) is 0 Å². The molecule has 75 heavy (non-hydrogen) atoms. The van der Waals surface area contributed by atoms with Gasteiger partial charge in [0, 0.05) is 39.0 Å². The second-order valence-corrected chi connectivity index (χ2v) is 16.8. The van der Waals surface area contributed by atoms with Crippen LogP contribution in [-0.2, 0) is 66.7 Å². The highest BCUT2D eigenvalue weighted by molar-refractivity contribution is 5.86. The summed E-state index contributed by atoms with van der Waals surface area (Å²) in [6, 6.07) is -3.23. The monoisotopic (exact) mass is 1070 g/mol. The molecule has 4 amide bonds. The zero-order valence-electron chi connectivity index (χ0n) is 41.9. The zero-order chi connectivity index (χ0) is 55.9. The predicted molar refractivity (Wildman–Crippen MR) is 260 cm³/mol. The second kappa shape index (κ2) is 35.7. The highest BCUT2D eigenvalue weighted by atomic mass is 16.6. The maximum absolute atomic E-state index is 13.5. The number of hydrogen-bond donors (Lipinski definition) is 15. The third-order valence-electron chi connectivity index (χ3n) is 11.0. The number of nitrogens with zero attached hydrogens (tertiary/aromatic N) is 1. The fourth-order valence-electron chi connectivity index (χ4n) is 7.46. The molecule has 0 fully saturated rings. The van der Waals surface area contributed by atoms with Gasteiger partial charge in [-0.3, -0.25) is 30.0 Å². The Balaban J connectivity index is 2.05. The van der Waals surface area contributed by atoms with Crippen molar-refractivity contribution in [1.29, 1.82) is 10.8 Å². The Morgan fingerprint density at radius 1 is 0.720 bits per heavy atom. The minimum absolute atomic E-state index is 0.00675. The molecule has 2 heterocycles. The molecule has 2 aliphatic rings. The van der Waals surface area contributed by atoms with Gasteiger partial charge in [0.2, 0.25) is 35.1 Å². The lowest BCUT2D eigenvalue weighted by atomic mass is 9.87. The number of guanidine groups is 2. The molecule has 2 rings (SSSR count). The van der Waals surface area contributed by atoms with E-state index < -0.39 is 140 Å². The van der Waals surface area contributed by atoms with Gasteiger partial charge < -0.3 is 111 Å². The van der Waals surface area contributed by atoms with Gasteiger partial charge in [-0.15, -0.1) is 6.42 Å². The number of amides is 4. The Bertz CT molecular complexity index is 1960. The third kappa shape index (κ3) is 24.7. The number of carbonyl (C=O) groups excluding carboxylic acids is 4. The molecule has 10 atom stereocenters. The number of nitrogens with two attached hydrogens (primary N) is 2. The first kappa shape index (κ1) is 64.7. The molecular weight excluding hydrogens is 1000 g/mol. The highest BCUT2D eigenvalue weighted by Crippen LogP contribution is 2.29. The van der Waals surface area contributed by atoms with Gasteiger partial charge in [-0.05, 0) is 25.0 Å². The van der Waals surface area contributed by atoms with E-state index in [2.05, 4.69) is 32.5 Å². The van der Waals surface area contributed by atoms with Crippen molar-refractivity contribution in [3.63, 3.8) is 0 Å². The van der Waals surface area contributed by atoms with Gasteiger partial charge in [0.05, 0.1) is 84.0 Å². The number of aliphatic hydroxyl groups is 4. The Morgan fingerprint density at radius 2 is 1.16 bits per heavy atom. The van der Waals surface area contributed by atoms with E-state index in [1.165, 1.54) is 11.0 Å². The molecule has 17 N–H and O–H groups in total. The summed E-state index contributed by atoms with van der Waals surface area (Å²) in [5.74, 6) is -5.92. The quantitative estimate of drug-likeness (QED) is 0.0118. The molecule has 0 saturated carbocycles. The Hall–Kier alpha value is -6.40. The SMILES string of the molecule is C#CCOCCOCCOCCOCCC(=O)N(CCCNC(=O)CO[C@@H]([C@@H]1OC(C(=O)O)=C[C@H](NC(=N)N)[C@H]1C)[C@H](O)CO)CCCNC(=O)CO[C@@H]([C@@H]1OC(C(=O)O)=C[C@H](NC(=N)N)[C@H]1NC(C)=O)[C@H](O)CO. The van der Waals surface area contributed by atoms with Crippen LogP contribution in [0.2, 0.25) is 0 Å². The summed E-state index contributed by atoms with van der Waals surface area (Å²) in [4.78, 5) is 76.8. The van der Waals surface area contributed by atoms with Gasteiger partial charge in [0.1, 0.15) is 50.3 Å². The Morgan fingerprint density at radius 3 is 1.61 bits per heavy atom. The first-order chi connectivity index (χ1) is 35.7. The van der Waals surface area contributed by atoms with E-state index in [-0.39, 0.29) is 77.8 Å². The van der Waals surface area contributed by atoms with E-state index in [4.69, 9.17) is 66.6 Å². The lowest BCUT2D eigenvalue weighted by Gasteiger charge is -2.41. The van der Waals surface area contributed by atoms with Crippen molar-refractivity contribution in [3.05, 3.63) is 23.7 Å². The summed E-state index contributed by atoms with van der Waals surface area (Å²) in [6.45, 7) is 1.77. The molecule has 0 aromatic heterocycles. The van der Waals surface area contributed by atoms with Gasteiger partial charge in [-0.2, -0.15) is 0 Å². The van der Waals surface area contributed by atoms with Crippen LogP contribution < -0.4 is 38.1 Å². The van der Waals surface area contributed by atoms with Gasteiger partial charge in [-0.25, -0.2) is 9.59 Å². The van der Waals surface area contributed by atoms with Crippen LogP contribution in [-0.4, -0.2) is 243 Å². The largest absolute Gasteiger partial charge is 0.480 e. The molecule has 0 bridgehead atoms. The maximum atomic E-state index is 13.5. The molecule has 0 radical (unpaired) electrons. The van der Waals surface area contributed by atoms with Gasteiger partial charge in [0.15, 0.2) is 18.0 Å². The number of terminal acetylenes is 1. The molecule has 30 heteroatoms. The molecule has 0 unspecified atom stereocenters. The molecule has 0 saturated heterocycles. The van der Waals surface area contributed by atoms with Gasteiger partial charge in [0.25, 0.3) is 0 Å². The third-order valence-corrected chi connectivity index (χ3v) is 11.0. The van der Waals surface area contributed by atoms with Crippen molar-refractivity contribution in [3.8, 4) is 12.3 Å². The van der Waals surface area contributed by atoms with Crippen LogP contribution in [0.25, 0.3) is 0 Å². The number of hydrogen-bond acceptors (Lipinski definition) is 20. The normalized spacial score (nSPS) is 20.7. The fraction of sp³-hybridized carbons (Fsp3) is 0.689. The topological polar surface area (TPSA) is 461 Å². The number of nitrogens with one attached hydrogen (secondary N) is 7. The molecular formula is C45H74N10O20. The van der Waals surface area contributed by atoms with Crippen molar-refractivity contribution in [2.75, 3.05) is 105 Å². The average Bonchev–Trinajstić information content (AvgIpc) is 3.35. The molecule has 2 aliphatic heterocycles. The van der Waals surface area contributed by atoms with E-state index in [0.29, 0.717) is 26.4 Å². The number of rotatable bonds is 38. The fourth-order valence-corrected chi connectivity index (χ4v) is 7.46. The number of ether oxygens (including phenoxy) is 8. The number of carbonyl (C=O) groups is 6. The highest BCUT2D eigenvalue weighted by Gasteiger charge is 2.46. The summed E-state index contributed by atoms with van der Waals surface area (Å²) >= 11 is 0. The van der Waals surface area contributed by atoms with Crippen molar-refractivity contribution < 1.29 is 97.3 Å². The minimum atomic E-state index is -1.76. The van der Waals surface area contributed by atoms with Crippen molar-refractivity contribution in [1.82, 2.24) is 31.5 Å². The van der Waals surface area contributed by atoms with E-state index in [9.17, 15) is 59.4 Å². The zero-order valence-corrected chi connectivity index (χ0v) is 41.9. The summed E-state index contributed by atoms with van der Waals surface area (Å²) in [6.07, 6.45) is -1.42. The predicted octanol–water partition coefficient (Wildman–Crippen LogP) is -6.03. The van der Waals surface area contributed by atoms with Crippen molar-refractivity contribution in [2.24, 2.45) is 17.4 Å². The summed E-state index contributed by atoms with van der Waals surface area (Å²) in [7, 11) is 0. The van der Waals surface area contributed by atoms with Crippen LogP contribution in [0.3, 0.4) is 0 Å². The minimum Gasteiger partial charge on any atom is -0.480 e. The summed E-state index contributed by atoms with van der Waals surface area (Å²) < 4.78 is 44.1. The maximum Gasteiger partial charge on any atom is 0.370 e. The second-order valence-electron chi connectivity index (χ2n) is 16.8. The number of carboxylic acids is 2. The number of aliphatic hydroxyl groups excluding tert-OH is 4. The summed E-state index contributed by atoms with van der Waals surface area (Å²) in [5, 5.41) is 88.4. The lowest BCUT2D eigenvalue weighted by Crippen LogP contribution is -2.64. The van der Waals surface area contributed by atoms with Crippen LogP contribution in [0, 0.1) is 29.1 Å². The number of carboxylic acid groups (broad SMARTS) is 2. The van der Waals surface area contributed by atoms with Gasteiger partial charge in [-0.1, -0.05) is 12.8 Å². The molecule has 0 aromatic rings. The van der Waals surface area contributed by atoms with Crippen LogP contribution >= 0.6 is 0 Å². The number of aliphatic carboxylic acids is 2. The van der Waals surface area contributed by atoms with E-state index in [1.807, 2.05) is 0 Å². The van der Waals surface area contributed by atoms with E-state index >= 15 is 0 Å². The Kier molecular flexibility index (Phi) is 30.8.